The Hall–Kier alpha value is -1.90. The van der Waals surface area contributed by atoms with Gasteiger partial charge in [-0.05, 0) is 31.2 Å². The van der Waals surface area contributed by atoms with Gasteiger partial charge in [-0.3, -0.25) is 9.79 Å². The van der Waals surface area contributed by atoms with E-state index in [1.165, 1.54) is 5.56 Å². The number of benzene rings is 1. The average molecular weight is 268 g/mol. The number of carbonyl (C=O) groups is 1. The molecule has 1 aromatic carbocycles. The number of likely N-dealkylation sites (tertiary alicyclic amines) is 1. The van der Waals surface area contributed by atoms with Gasteiger partial charge in [0, 0.05) is 37.0 Å². The van der Waals surface area contributed by atoms with Crippen LogP contribution in [0.2, 0.25) is 0 Å². The van der Waals surface area contributed by atoms with Crippen LogP contribution in [-0.4, -0.2) is 29.6 Å². The molecule has 3 heteroatoms. The minimum atomic E-state index is 0.195. The Morgan fingerprint density at radius 2 is 1.85 bits per heavy atom. The van der Waals surface area contributed by atoms with E-state index in [9.17, 15) is 4.79 Å². The van der Waals surface area contributed by atoms with Crippen LogP contribution in [0.25, 0.3) is 0 Å². The molecule has 104 valence electrons. The zero-order valence-corrected chi connectivity index (χ0v) is 11.7. The molecule has 0 unspecified atom stereocenters. The molecule has 0 aromatic heterocycles. The fourth-order valence-electron chi connectivity index (χ4n) is 2.82. The Balaban J connectivity index is 1.49. The lowest BCUT2D eigenvalue weighted by atomic mass is 10.0. The maximum absolute atomic E-state index is 12.3. The molecule has 0 atom stereocenters. The van der Waals surface area contributed by atoms with Crippen molar-refractivity contribution in [1.29, 1.82) is 0 Å². The van der Waals surface area contributed by atoms with Crippen LogP contribution >= 0.6 is 0 Å². The molecule has 20 heavy (non-hydrogen) atoms. The van der Waals surface area contributed by atoms with Gasteiger partial charge in [0.2, 0.25) is 0 Å². The van der Waals surface area contributed by atoms with E-state index < -0.39 is 0 Å². The third-order valence-electron chi connectivity index (χ3n) is 4.01. The van der Waals surface area contributed by atoms with Crippen LogP contribution in [0.1, 0.15) is 31.2 Å². The molecular formula is C17H20N2O. The van der Waals surface area contributed by atoms with Crippen LogP contribution in [0.5, 0.6) is 0 Å². The number of hydrogen-bond acceptors (Lipinski definition) is 2. The second-order valence-electron chi connectivity index (χ2n) is 5.51. The van der Waals surface area contributed by atoms with E-state index in [4.69, 9.17) is 0 Å². The van der Waals surface area contributed by atoms with Gasteiger partial charge in [0.25, 0.3) is 5.91 Å². The molecule has 1 aromatic rings. The number of rotatable bonds is 4. The zero-order chi connectivity index (χ0) is 13.8. The highest BCUT2D eigenvalue weighted by Gasteiger charge is 2.24. The normalized spacial score (nSPS) is 18.1. The predicted octanol–water partition coefficient (Wildman–Crippen LogP) is 2.97. The van der Waals surface area contributed by atoms with Crippen molar-refractivity contribution < 1.29 is 4.79 Å². The molecule has 3 nitrogen and oxygen atoms in total. The second-order valence-corrected chi connectivity index (χ2v) is 5.51. The Labute approximate surface area is 120 Å². The number of aryl methyl sites for hydroxylation is 1. The summed E-state index contributed by atoms with van der Waals surface area (Å²) in [6, 6.07) is 10.4. The molecule has 2 aliphatic heterocycles. The minimum absolute atomic E-state index is 0.195. The van der Waals surface area contributed by atoms with Gasteiger partial charge in [-0.25, -0.2) is 0 Å². The summed E-state index contributed by atoms with van der Waals surface area (Å²) in [5, 5.41) is 0. The highest BCUT2D eigenvalue weighted by molar-refractivity contribution is 6.03. The Kier molecular flexibility index (Phi) is 3.95. The smallest absolute Gasteiger partial charge is 0.251 e. The van der Waals surface area contributed by atoms with E-state index in [2.05, 4.69) is 29.3 Å². The maximum Gasteiger partial charge on any atom is 0.251 e. The van der Waals surface area contributed by atoms with Crippen LogP contribution in [0.3, 0.4) is 0 Å². The first kappa shape index (κ1) is 13.1. The van der Waals surface area contributed by atoms with Gasteiger partial charge in [0.15, 0.2) is 0 Å². The molecule has 1 saturated heterocycles. The number of hydrogen-bond donors (Lipinski definition) is 0. The number of carbonyl (C=O) groups excluding carboxylic acids is 1. The highest BCUT2D eigenvalue weighted by atomic mass is 16.2. The molecule has 0 saturated carbocycles. The van der Waals surface area contributed by atoms with Crippen molar-refractivity contribution in [3.8, 4) is 0 Å². The first-order chi connectivity index (χ1) is 9.83. The Morgan fingerprint density at radius 1 is 1.10 bits per heavy atom. The summed E-state index contributed by atoms with van der Waals surface area (Å²) in [5.41, 5.74) is 3.33. The quantitative estimate of drug-likeness (QED) is 0.826. The SMILES string of the molecule is O=C(C1=CN=C(CCc2ccccc2)C1)N1CCCC1. The van der Waals surface area contributed by atoms with Crippen molar-refractivity contribution in [2.24, 2.45) is 4.99 Å². The third kappa shape index (κ3) is 2.98. The lowest BCUT2D eigenvalue weighted by Gasteiger charge is -2.15. The average Bonchev–Trinajstić information content (AvgIpc) is 3.17. The molecule has 3 rings (SSSR count). The van der Waals surface area contributed by atoms with Crippen LogP contribution in [-0.2, 0) is 11.2 Å². The fraction of sp³-hybridized carbons (Fsp3) is 0.412. The topological polar surface area (TPSA) is 32.7 Å². The van der Waals surface area contributed by atoms with E-state index in [-0.39, 0.29) is 5.91 Å². The molecule has 2 aliphatic rings. The highest BCUT2D eigenvalue weighted by Crippen LogP contribution is 2.20. The summed E-state index contributed by atoms with van der Waals surface area (Å²) >= 11 is 0. The van der Waals surface area contributed by atoms with Crippen molar-refractivity contribution in [2.45, 2.75) is 32.1 Å². The third-order valence-corrected chi connectivity index (χ3v) is 4.01. The number of amides is 1. The summed E-state index contributed by atoms with van der Waals surface area (Å²) in [5.74, 6) is 0.195. The first-order valence-corrected chi connectivity index (χ1v) is 7.41. The monoisotopic (exact) mass is 268 g/mol. The van der Waals surface area contributed by atoms with E-state index in [1.807, 2.05) is 11.0 Å². The Morgan fingerprint density at radius 3 is 2.60 bits per heavy atom. The van der Waals surface area contributed by atoms with Crippen LogP contribution in [0.4, 0.5) is 0 Å². The van der Waals surface area contributed by atoms with Gasteiger partial charge >= 0.3 is 0 Å². The molecule has 0 N–H and O–H groups in total. The van der Waals surface area contributed by atoms with Crippen molar-refractivity contribution in [3.63, 3.8) is 0 Å². The first-order valence-electron chi connectivity index (χ1n) is 7.41. The molecule has 0 radical (unpaired) electrons. The summed E-state index contributed by atoms with van der Waals surface area (Å²) in [6.45, 7) is 1.82. The van der Waals surface area contributed by atoms with Gasteiger partial charge in [0.1, 0.15) is 0 Å². The summed E-state index contributed by atoms with van der Waals surface area (Å²) in [6.07, 6.45) is 6.74. The molecule has 2 heterocycles. The molecule has 1 amide bonds. The van der Waals surface area contributed by atoms with Crippen LogP contribution < -0.4 is 0 Å². The fourth-order valence-corrected chi connectivity index (χ4v) is 2.82. The lowest BCUT2D eigenvalue weighted by molar-refractivity contribution is -0.126. The second kappa shape index (κ2) is 6.04. The molecular weight excluding hydrogens is 248 g/mol. The van der Waals surface area contributed by atoms with Crippen molar-refractivity contribution in [3.05, 3.63) is 47.7 Å². The molecule has 0 spiro atoms. The number of aliphatic imine (C=N–C) groups is 1. The van der Waals surface area contributed by atoms with Gasteiger partial charge in [-0.1, -0.05) is 30.3 Å². The van der Waals surface area contributed by atoms with Crippen molar-refractivity contribution >= 4 is 11.6 Å². The van der Waals surface area contributed by atoms with Crippen molar-refractivity contribution in [1.82, 2.24) is 4.90 Å². The number of nitrogens with zero attached hydrogens (tertiary/aromatic N) is 2. The van der Waals surface area contributed by atoms with E-state index in [1.54, 1.807) is 6.20 Å². The van der Waals surface area contributed by atoms with Gasteiger partial charge < -0.3 is 4.90 Å². The standard InChI is InChI=1S/C17H20N2O/c20-17(19-10-4-5-11-19)15-12-16(18-13-15)9-8-14-6-2-1-3-7-14/h1-3,6-7,13H,4-5,8-12H2. The minimum Gasteiger partial charge on any atom is -0.339 e. The lowest BCUT2D eigenvalue weighted by Crippen LogP contribution is -2.29. The maximum atomic E-state index is 12.3. The van der Waals surface area contributed by atoms with E-state index in [0.29, 0.717) is 0 Å². The molecule has 0 aliphatic carbocycles. The van der Waals surface area contributed by atoms with E-state index >= 15 is 0 Å². The predicted molar refractivity (Wildman–Crippen MR) is 80.7 cm³/mol. The largest absolute Gasteiger partial charge is 0.339 e. The summed E-state index contributed by atoms with van der Waals surface area (Å²) in [7, 11) is 0. The summed E-state index contributed by atoms with van der Waals surface area (Å²) < 4.78 is 0. The van der Waals surface area contributed by atoms with Crippen molar-refractivity contribution in [2.75, 3.05) is 13.1 Å². The molecule has 0 bridgehead atoms. The summed E-state index contributed by atoms with van der Waals surface area (Å²) in [4.78, 5) is 18.6. The van der Waals surface area contributed by atoms with Gasteiger partial charge in [0.05, 0.1) is 0 Å². The molecule has 1 fully saturated rings. The zero-order valence-electron chi connectivity index (χ0n) is 11.7. The van der Waals surface area contributed by atoms with E-state index in [0.717, 1.165) is 56.5 Å². The van der Waals surface area contributed by atoms with Gasteiger partial charge in [-0.15, -0.1) is 0 Å². The van der Waals surface area contributed by atoms with Gasteiger partial charge in [-0.2, -0.15) is 0 Å². The van der Waals surface area contributed by atoms with Crippen LogP contribution in [0, 0.1) is 0 Å². The van der Waals surface area contributed by atoms with Crippen LogP contribution in [0.15, 0.2) is 47.1 Å². The Bertz CT molecular complexity index is 539.